The minimum atomic E-state index is -1.17. The number of carbonyl (C=O) groups is 4. The number of rotatable bonds is 21. The summed E-state index contributed by atoms with van der Waals surface area (Å²) in [7, 11) is 0. The Morgan fingerprint density at radius 3 is 1.86 bits per heavy atom. The zero-order valence-electron chi connectivity index (χ0n) is 21.8. The van der Waals surface area contributed by atoms with Gasteiger partial charge in [-0.05, 0) is 45.6 Å². The van der Waals surface area contributed by atoms with Gasteiger partial charge in [0.15, 0.2) is 0 Å². The molecule has 0 aliphatic carbocycles. The number of esters is 1. The third-order valence-corrected chi connectivity index (χ3v) is 5.35. The molecule has 2 atom stereocenters. The fourth-order valence-electron chi connectivity index (χ4n) is 3.25. The molecule has 0 fully saturated rings. The number of ether oxygens (including phenoxy) is 1. The van der Waals surface area contributed by atoms with Crippen LogP contribution in [0.1, 0.15) is 110 Å². The Labute approximate surface area is 210 Å². The molecule has 0 saturated heterocycles. The van der Waals surface area contributed by atoms with Gasteiger partial charge in [-0.2, -0.15) is 0 Å². The van der Waals surface area contributed by atoms with Crippen molar-refractivity contribution in [2.24, 2.45) is 11.5 Å². The molecule has 1 amide bonds. The van der Waals surface area contributed by atoms with Crippen LogP contribution in [-0.2, 0) is 23.9 Å². The Balaban J connectivity index is 0. The Kier molecular flexibility index (Phi) is 24.9. The van der Waals surface area contributed by atoms with Gasteiger partial charge >= 0.3 is 17.9 Å². The van der Waals surface area contributed by atoms with Gasteiger partial charge in [0.25, 0.3) is 0 Å². The minimum Gasteiger partial charge on any atom is -0.481 e. The summed E-state index contributed by atoms with van der Waals surface area (Å²) in [6, 6.07) is -1.59. The standard InChI is InChI=1S/C20H40N2O3.C5H9NO4/c1-3-5-6-7-8-9-10-11-12-16-19(23)22-18(15-13-14-17-21)20(24)25-4-2;6-3(5(9)10)1-2-4(7)8/h18H,3-17,21H2,1-2H3,(H,22,23);3H,1-2,6H2,(H,7,8)(H,9,10). The fraction of sp³-hybridized carbons (Fsp3) is 0.840. The summed E-state index contributed by atoms with van der Waals surface area (Å²) in [4.78, 5) is 43.9. The van der Waals surface area contributed by atoms with Crippen LogP contribution in [0.5, 0.6) is 0 Å². The summed E-state index contributed by atoms with van der Waals surface area (Å²) < 4.78 is 5.05. The van der Waals surface area contributed by atoms with E-state index < -0.39 is 24.0 Å². The van der Waals surface area contributed by atoms with Gasteiger partial charge in [-0.15, -0.1) is 0 Å². The fourth-order valence-corrected chi connectivity index (χ4v) is 3.25. The van der Waals surface area contributed by atoms with Gasteiger partial charge in [-0.25, -0.2) is 4.79 Å². The number of nitrogens with two attached hydrogens (primary N) is 2. The van der Waals surface area contributed by atoms with Crippen molar-refractivity contribution in [3.8, 4) is 0 Å². The number of hydrogen-bond donors (Lipinski definition) is 5. The van der Waals surface area contributed by atoms with Crippen LogP contribution in [0.4, 0.5) is 0 Å². The first-order valence-electron chi connectivity index (χ1n) is 13.1. The van der Waals surface area contributed by atoms with Crippen molar-refractivity contribution in [1.29, 1.82) is 0 Å². The van der Waals surface area contributed by atoms with E-state index in [2.05, 4.69) is 12.2 Å². The smallest absolute Gasteiger partial charge is 0.328 e. The maximum Gasteiger partial charge on any atom is 0.328 e. The van der Waals surface area contributed by atoms with Crippen molar-refractivity contribution in [2.75, 3.05) is 13.2 Å². The summed E-state index contributed by atoms with van der Waals surface area (Å²) in [6.45, 7) is 4.94. The predicted octanol–water partition coefficient (Wildman–Crippen LogP) is 3.35. The zero-order valence-corrected chi connectivity index (χ0v) is 21.8. The molecule has 0 rings (SSSR count). The van der Waals surface area contributed by atoms with Gasteiger partial charge in [-0.1, -0.05) is 58.3 Å². The summed E-state index contributed by atoms with van der Waals surface area (Å²) >= 11 is 0. The van der Waals surface area contributed by atoms with Crippen LogP contribution in [0.3, 0.4) is 0 Å². The van der Waals surface area contributed by atoms with Crippen LogP contribution < -0.4 is 16.8 Å². The summed E-state index contributed by atoms with van der Waals surface area (Å²) in [5.41, 5.74) is 10.5. The third-order valence-electron chi connectivity index (χ3n) is 5.35. The van der Waals surface area contributed by atoms with E-state index in [1.54, 1.807) is 6.92 Å². The Morgan fingerprint density at radius 2 is 1.37 bits per heavy atom. The van der Waals surface area contributed by atoms with Crippen molar-refractivity contribution >= 4 is 23.8 Å². The molecule has 206 valence electrons. The van der Waals surface area contributed by atoms with Crippen molar-refractivity contribution in [3.63, 3.8) is 0 Å². The average molecular weight is 504 g/mol. The lowest BCUT2D eigenvalue weighted by Gasteiger charge is -2.17. The van der Waals surface area contributed by atoms with Gasteiger partial charge < -0.3 is 31.7 Å². The molecule has 2 unspecified atom stereocenters. The highest BCUT2D eigenvalue weighted by atomic mass is 16.5. The van der Waals surface area contributed by atoms with Gasteiger partial charge in [0.05, 0.1) is 6.61 Å². The van der Waals surface area contributed by atoms with E-state index in [-0.39, 0.29) is 24.7 Å². The first-order valence-corrected chi connectivity index (χ1v) is 13.1. The van der Waals surface area contributed by atoms with E-state index in [0.29, 0.717) is 26.0 Å². The first kappa shape index (κ1) is 35.0. The summed E-state index contributed by atoms with van der Waals surface area (Å²) in [5.74, 6) is -2.58. The largest absolute Gasteiger partial charge is 0.481 e. The lowest BCUT2D eigenvalue weighted by atomic mass is 10.1. The highest BCUT2D eigenvalue weighted by Crippen LogP contribution is 2.11. The molecule has 10 heteroatoms. The molecule has 0 aliphatic heterocycles. The molecule has 0 bridgehead atoms. The van der Waals surface area contributed by atoms with Crippen molar-refractivity contribution in [2.45, 2.75) is 122 Å². The van der Waals surface area contributed by atoms with Crippen LogP contribution in [0.15, 0.2) is 0 Å². The van der Waals surface area contributed by atoms with E-state index in [4.69, 9.17) is 26.4 Å². The van der Waals surface area contributed by atoms with Crippen LogP contribution in [0.2, 0.25) is 0 Å². The monoisotopic (exact) mass is 503 g/mol. The van der Waals surface area contributed by atoms with E-state index in [9.17, 15) is 19.2 Å². The molecule has 0 spiro atoms. The van der Waals surface area contributed by atoms with E-state index in [1.807, 2.05) is 0 Å². The molecule has 0 heterocycles. The Bertz CT molecular complexity index is 573. The number of carboxylic acid groups (broad SMARTS) is 2. The second-order valence-electron chi connectivity index (χ2n) is 8.61. The lowest BCUT2D eigenvalue weighted by Crippen LogP contribution is -2.41. The second kappa shape index (κ2) is 24.9. The number of carbonyl (C=O) groups excluding carboxylic acids is 2. The normalized spacial score (nSPS) is 12.1. The lowest BCUT2D eigenvalue weighted by molar-refractivity contribution is -0.147. The second-order valence-corrected chi connectivity index (χ2v) is 8.61. The van der Waals surface area contributed by atoms with E-state index in [1.165, 1.54) is 44.9 Å². The zero-order chi connectivity index (χ0) is 26.9. The van der Waals surface area contributed by atoms with Gasteiger partial charge in [0.2, 0.25) is 5.91 Å². The molecule has 7 N–H and O–H groups in total. The first-order chi connectivity index (χ1) is 16.7. The average Bonchev–Trinajstić information content (AvgIpc) is 2.81. The SMILES string of the molecule is CCCCCCCCCCCC(=O)NC(CCCCN)C(=O)OCC.NC(CCC(=O)O)C(=O)O. The molecule has 10 nitrogen and oxygen atoms in total. The maximum atomic E-state index is 12.1. The van der Waals surface area contributed by atoms with Crippen molar-refractivity contribution in [3.05, 3.63) is 0 Å². The van der Waals surface area contributed by atoms with Crippen LogP contribution in [-0.4, -0.2) is 59.3 Å². The van der Waals surface area contributed by atoms with Crippen molar-refractivity contribution in [1.82, 2.24) is 5.32 Å². The molecule has 0 saturated carbocycles. The molecule has 0 radical (unpaired) electrons. The number of amides is 1. The Hall–Kier alpha value is -2.20. The van der Waals surface area contributed by atoms with E-state index in [0.717, 1.165) is 25.7 Å². The van der Waals surface area contributed by atoms with Crippen LogP contribution in [0, 0.1) is 0 Å². The van der Waals surface area contributed by atoms with Crippen LogP contribution >= 0.6 is 0 Å². The van der Waals surface area contributed by atoms with Crippen molar-refractivity contribution < 1.29 is 34.1 Å². The quantitative estimate of drug-likeness (QED) is 0.116. The highest BCUT2D eigenvalue weighted by molar-refractivity contribution is 5.84. The van der Waals surface area contributed by atoms with Gasteiger partial charge in [-0.3, -0.25) is 14.4 Å². The molecule has 35 heavy (non-hydrogen) atoms. The van der Waals surface area contributed by atoms with E-state index >= 15 is 0 Å². The molecular weight excluding hydrogens is 454 g/mol. The third kappa shape index (κ3) is 24.7. The predicted molar refractivity (Wildman–Crippen MR) is 136 cm³/mol. The molecule has 0 aromatic rings. The minimum absolute atomic E-state index is 0.0231. The maximum absolute atomic E-state index is 12.1. The number of aliphatic carboxylic acids is 2. The summed E-state index contributed by atoms with van der Waals surface area (Å²) in [5, 5.41) is 19.1. The number of hydrogen-bond acceptors (Lipinski definition) is 7. The number of unbranched alkanes of at least 4 members (excludes halogenated alkanes) is 9. The number of carboxylic acids is 2. The molecule has 0 aromatic carbocycles. The molecule has 0 aliphatic rings. The van der Waals surface area contributed by atoms with Crippen LogP contribution in [0.25, 0.3) is 0 Å². The van der Waals surface area contributed by atoms with Gasteiger partial charge in [0.1, 0.15) is 12.1 Å². The number of nitrogens with one attached hydrogen (secondary N) is 1. The molecule has 0 aromatic heterocycles. The van der Waals surface area contributed by atoms with Gasteiger partial charge in [0, 0.05) is 12.8 Å². The summed E-state index contributed by atoms with van der Waals surface area (Å²) in [6.07, 6.45) is 13.6. The topological polar surface area (TPSA) is 182 Å². The molecular formula is C25H49N3O7. The highest BCUT2D eigenvalue weighted by Gasteiger charge is 2.21. The Morgan fingerprint density at radius 1 is 0.800 bits per heavy atom.